The van der Waals surface area contributed by atoms with Crippen LogP contribution < -0.4 is 5.32 Å². The average molecular weight is 301 g/mol. The Morgan fingerprint density at radius 3 is 2.71 bits per heavy atom. The van der Waals surface area contributed by atoms with E-state index < -0.39 is 0 Å². The molecule has 1 amide bonds. The number of nitrogens with zero attached hydrogens (tertiary/aromatic N) is 1. The number of pyridine rings is 1. The summed E-state index contributed by atoms with van der Waals surface area (Å²) in [5.41, 5.74) is 2.21. The fraction of sp³-hybridized carbons (Fsp3) is 0.294. The van der Waals surface area contributed by atoms with Gasteiger partial charge in [-0.05, 0) is 36.5 Å². The van der Waals surface area contributed by atoms with Gasteiger partial charge in [0, 0.05) is 12.1 Å². The molecular formula is C17H17ClN2O. The fourth-order valence-electron chi connectivity index (χ4n) is 2.60. The molecule has 1 saturated carbocycles. The van der Waals surface area contributed by atoms with Gasteiger partial charge >= 0.3 is 0 Å². The zero-order valence-corrected chi connectivity index (χ0v) is 12.5. The molecule has 1 N–H and O–H groups in total. The van der Waals surface area contributed by atoms with Gasteiger partial charge < -0.3 is 5.32 Å². The topological polar surface area (TPSA) is 42.0 Å². The van der Waals surface area contributed by atoms with Crippen LogP contribution >= 0.6 is 11.6 Å². The molecule has 4 heteroatoms. The van der Waals surface area contributed by atoms with E-state index in [9.17, 15) is 4.79 Å². The summed E-state index contributed by atoms with van der Waals surface area (Å²) in [5.74, 6) is 0.572. The number of hydrogen-bond donors (Lipinski definition) is 1. The lowest BCUT2D eigenvalue weighted by molar-refractivity contribution is -0.123. The Balaban J connectivity index is 1.59. The van der Waals surface area contributed by atoms with Crippen LogP contribution in [0.25, 0.3) is 0 Å². The molecule has 1 heterocycles. The second-order valence-corrected chi connectivity index (χ2v) is 5.89. The Hall–Kier alpha value is -1.87. The number of amides is 1. The Kier molecular flexibility index (Phi) is 3.93. The van der Waals surface area contributed by atoms with E-state index in [0.717, 1.165) is 12.0 Å². The Bertz CT molecular complexity index is 627. The van der Waals surface area contributed by atoms with E-state index in [2.05, 4.69) is 22.4 Å². The average Bonchev–Trinajstić information content (AvgIpc) is 3.29. The van der Waals surface area contributed by atoms with E-state index in [1.54, 1.807) is 12.3 Å². The minimum atomic E-state index is -0.0562. The number of nitrogens with one attached hydrogen (secondary N) is 1. The molecule has 1 fully saturated rings. The molecule has 3 rings (SSSR count). The zero-order valence-electron chi connectivity index (χ0n) is 11.8. The van der Waals surface area contributed by atoms with Gasteiger partial charge in [-0.25, -0.2) is 4.98 Å². The van der Waals surface area contributed by atoms with Crippen molar-refractivity contribution in [1.29, 1.82) is 0 Å². The van der Waals surface area contributed by atoms with E-state index in [1.807, 2.05) is 31.2 Å². The SMILES string of the molecule is CC(NC(=O)C1CC1c1ccccc1)c1ccc(Cl)nc1. The van der Waals surface area contributed by atoms with Crippen molar-refractivity contribution in [2.45, 2.75) is 25.3 Å². The highest BCUT2D eigenvalue weighted by atomic mass is 35.5. The maximum Gasteiger partial charge on any atom is 0.224 e. The molecule has 1 aromatic carbocycles. The van der Waals surface area contributed by atoms with Crippen molar-refractivity contribution >= 4 is 17.5 Å². The van der Waals surface area contributed by atoms with E-state index in [4.69, 9.17) is 11.6 Å². The summed E-state index contributed by atoms with van der Waals surface area (Å²) in [6.07, 6.45) is 2.64. The van der Waals surface area contributed by atoms with E-state index in [0.29, 0.717) is 11.1 Å². The van der Waals surface area contributed by atoms with Crippen molar-refractivity contribution in [2.24, 2.45) is 5.92 Å². The molecule has 1 aliphatic rings. The summed E-state index contributed by atoms with van der Waals surface area (Å²) in [6, 6.07) is 13.8. The van der Waals surface area contributed by atoms with Gasteiger partial charge in [-0.3, -0.25) is 4.79 Å². The van der Waals surface area contributed by atoms with Gasteiger partial charge in [-0.15, -0.1) is 0 Å². The highest BCUT2D eigenvalue weighted by molar-refractivity contribution is 6.29. The lowest BCUT2D eigenvalue weighted by Gasteiger charge is -2.14. The number of rotatable bonds is 4. The number of carbonyl (C=O) groups is 1. The molecule has 1 aromatic heterocycles. The molecule has 0 saturated heterocycles. The van der Waals surface area contributed by atoms with Crippen LogP contribution in [0.15, 0.2) is 48.7 Å². The Labute approximate surface area is 129 Å². The number of aromatic nitrogens is 1. The van der Waals surface area contributed by atoms with Crippen molar-refractivity contribution < 1.29 is 4.79 Å². The summed E-state index contributed by atoms with van der Waals surface area (Å²) >= 11 is 5.77. The Morgan fingerprint density at radius 2 is 2.05 bits per heavy atom. The minimum absolute atomic E-state index is 0.0562. The molecule has 3 nitrogen and oxygen atoms in total. The molecule has 3 atom stereocenters. The number of carbonyl (C=O) groups excluding carboxylic acids is 1. The first-order valence-electron chi connectivity index (χ1n) is 7.12. The second-order valence-electron chi connectivity index (χ2n) is 5.50. The molecule has 21 heavy (non-hydrogen) atoms. The summed E-state index contributed by atoms with van der Waals surface area (Å²) in [5, 5.41) is 3.52. The Morgan fingerprint density at radius 1 is 1.29 bits per heavy atom. The highest BCUT2D eigenvalue weighted by Gasteiger charge is 2.44. The van der Waals surface area contributed by atoms with Gasteiger partial charge in [0.2, 0.25) is 5.91 Å². The maximum atomic E-state index is 12.3. The normalized spacial score (nSPS) is 21.6. The third-order valence-electron chi connectivity index (χ3n) is 3.96. The lowest BCUT2D eigenvalue weighted by atomic mass is 10.1. The molecule has 3 unspecified atom stereocenters. The van der Waals surface area contributed by atoms with E-state index >= 15 is 0 Å². The first kappa shape index (κ1) is 14.1. The fourth-order valence-corrected chi connectivity index (χ4v) is 2.71. The highest BCUT2D eigenvalue weighted by Crippen LogP contribution is 2.47. The molecule has 0 radical (unpaired) electrons. The monoisotopic (exact) mass is 300 g/mol. The second kappa shape index (κ2) is 5.86. The molecule has 2 aromatic rings. The van der Waals surface area contributed by atoms with E-state index in [1.165, 1.54) is 5.56 Å². The third-order valence-corrected chi connectivity index (χ3v) is 4.19. The van der Waals surface area contributed by atoms with Crippen LogP contribution in [-0.2, 0) is 4.79 Å². The van der Waals surface area contributed by atoms with Gasteiger partial charge in [0.15, 0.2) is 0 Å². The minimum Gasteiger partial charge on any atom is -0.349 e. The van der Waals surface area contributed by atoms with Crippen LogP contribution in [0, 0.1) is 5.92 Å². The largest absolute Gasteiger partial charge is 0.349 e. The van der Waals surface area contributed by atoms with Crippen LogP contribution in [0.3, 0.4) is 0 Å². The van der Waals surface area contributed by atoms with Crippen LogP contribution in [0.2, 0.25) is 5.15 Å². The van der Waals surface area contributed by atoms with Crippen molar-refractivity contribution in [3.63, 3.8) is 0 Å². The quantitative estimate of drug-likeness (QED) is 0.875. The summed E-state index contributed by atoms with van der Waals surface area (Å²) in [4.78, 5) is 16.3. The molecular weight excluding hydrogens is 284 g/mol. The van der Waals surface area contributed by atoms with Crippen molar-refractivity contribution in [1.82, 2.24) is 10.3 Å². The molecule has 0 aliphatic heterocycles. The number of hydrogen-bond acceptors (Lipinski definition) is 2. The predicted octanol–water partition coefficient (Wildman–Crippen LogP) is 3.72. The van der Waals surface area contributed by atoms with Gasteiger partial charge in [0.1, 0.15) is 5.15 Å². The predicted molar refractivity (Wildman–Crippen MR) is 83.1 cm³/mol. The zero-order chi connectivity index (χ0) is 14.8. The standard InChI is InChI=1S/C17H17ClN2O/c1-11(13-7-8-16(18)19-10-13)20-17(21)15-9-14(15)12-5-3-2-4-6-12/h2-8,10-11,14-15H,9H2,1H3,(H,20,21). The molecule has 1 aliphatic carbocycles. The van der Waals surface area contributed by atoms with E-state index in [-0.39, 0.29) is 17.9 Å². The third kappa shape index (κ3) is 3.24. The van der Waals surface area contributed by atoms with Crippen molar-refractivity contribution in [3.8, 4) is 0 Å². The number of benzene rings is 1. The van der Waals surface area contributed by atoms with Crippen molar-refractivity contribution in [3.05, 3.63) is 64.9 Å². The van der Waals surface area contributed by atoms with Gasteiger partial charge in [0.25, 0.3) is 0 Å². The molecule has 0 bridgehead atoms. The lowest BCUT2D eigenvalue weighted by Crippen LogP contribution is -2.28. The van der Waals surface area contributed by atoms with Gasteiger partial charge in [0.05, 0.1) is 6.04 Å². The summed E-state index contributed by atoms with van der Waals surface area (Å²) in [6.45, 7) is 1.96. The summed E-state index contributed by atoms with van der Waals surface area (Å²) in [7, 11) is 0. The molecule has 0 spiro atoms. The first-order chi connectivity index (χ1) is 10.1. The van der Waals surface area contributed by atoms with Gasteiger partial charge in [-0.2, -0.15) is 0 Å². The smallest absolute Gasteiger partial charge is 0.224 e. The van der Waals surface area contributed by atoms with Crippen LogP contribution in [-0.4, -0.2) is 10.9 Å². The van der Waals surface area contributed by atoms with Crippen LogP contribution in [0.4, 0.5) is 0 Å². The van der Waals surface area contributed by atoms with Crippen LogP contribution in [0.1, 0.15) is 36.4 Å². The molecule has 108 valence electrons. The maximum absolute atomic E-state index is 12.3. The number of halogens is 1. The summed E-state index contributed by atoms with van der Waals surface area (Å²) < 4.78 is 0. The van der Waals surface area contributed by atoms with Crippen LogP contribution in [0.5, 0.6) is 0 Å². The first-order valence-corrected chi connectivity index (χ1v) is 7.49. The van der Waals surface area contributed by atoms with Gasteiger partial charge in [-0.1, -0.05) is 48.0 Å². The van der Waals surface area contributed by atoms with Crippen molar-refractivity contribution in [2.75, 3.05) is 0 Å².